The molecule has 0 saturated carbocycles. The lowest BCUT2D eigenvalue weighted by atomic mass is 10.1. The maximum absolute atomic E-state index is 12.9. The van der Waals surface area contributed by atoms with Gasteiger partial charge >= 0.3 is 5.97 Å². The first-order valence-corrected chi connectivity index (χ1v) is 6.61. The van der Waals surface area contributed by atoms with Gasteiger partial charge in [-0.3, -0.25) is 4.98 Å². The third-order valence-corrected chi connectivity index (χ3v) is 3.11. The highest BCUT2D eigenvalue weighted by molar-refractivity contribution is 9.10. The molecule has 0 bridgehead atoms. The van der Waals surface area contributed by atoms with E-state index >= 15 is 0 Å². The van der Waals surface area contributed by atoms with Gasteiger partial charge in [0.1, 0.15) is 5.82 Å². The van der Waals surface area contributed by atoms with Crippen LogP contribution in [0.25, 0.3) is 0 Å². The van der Waals surface area contributed by atoms with Gasteiger partial charge in [-0.1, -0.05) is 0 Å². The molecule has 1 heterocycles. The van der Waals surface area contributed by atoms with E-state index in [9.17, 15) is 9.18 Å². The van der Waals surface area contributed by atoms with Crippen molar-refractivity contribution < 1.29 is 13.9 Å². The van der Waals surface area contributed by atoms with Crippen LogP contribution in [-0.4, -0.2) is 18.1 Å². The van der Waals surface area contributed by atoms with Gasteiger partial charge in [-0.25, -0.2) is 9.18 Å². The third kappa shape index (κ3) is 3.54. The molecule has 0 spiro atoms. The molecule has 104 valence electrons. The second-order valence-corrected chi connectivity index (χ2v) is 4.92. The number of esters is 1. The van der Waals surface area contributed by atoms with E-state index in [0.29, 0.717) is 11.4 Å². The van der Waals surface area contributed by atoms with E-state index in [0.717, 1.165) is 4.47 Å². The number of methoxy groups -OCH3 is 1. The molecule has 4 nitrogen and oxygen atoms in total. The van der Waals surface area contributed by atoms with E-state index in [1.54, 1.807) is 30.5 Å². The zero-order valence-corrected chi connectivity index (χ0v) is 12.2. The Kier molecular flexibility index (Phi) is 4.68. The Morgan fingerprint density at radius 1 is 1.30 bits per heavy atom. The lowest BCUT2D eigenvalue weighted by molar-refractivity contribution is -0.141. The average molecular weight is 339 g/mol. The Balaban J connectivity index is 2.26. The topological polar surface area (TPSA) is 51.2 Å². The molecule has 0 amide bonds. The van der Waals surface area contributed by atoms with E-state index in [-0.39, 0.29) is 5.82 Å². The van der Waals surface area contributed by atoms with Crippen molar-refractivity contribution in [2.24, 2.45) is 0 Å². The number of ether oxygens (including phenoxy) is 1. The molecule has 1 N–H and O–H groups in total. The largest absolute Gasteiger partial charge is 0.467 e. The molecular formula is C14H12BrFN2O2. The van der Waals surface area contributed by atoms with E-state index in [1.807, 2.05) is 0 Å². The summed E-state index contributed by atoms with van der Waals surface area (Å²) in [7, 11) is 1.31. The Morgan fingerprint density at radius 3 is 2.55 bits per heavy atom. The van der Waals surface area contributed by atoms with Gasteiger partial charge < -0.3 is 10.1 Å². The number of anilines is 1. The van der Waals surface area contributed by atoms with Crippen LogP contribution in [-0.2, 0) is 9.53 Å². The number of benzene rings is 1. The maximum Gasteiger partial charge on any atom is 0.334 e. The van der Waals surface area contributed by atoms with Crippen molar-refractivity contribution in [1.29, 1.82) is 0 Å². The first-order chi connectivity index (χ1) is 9.60. The summed E-state index contributed by atoms with van der Waals surface area (Å²) in [4.78, 5) is 16.0. The molecule has 2 aromatic rings. The predicted molar refractivity (Wildman–Crippen MR) is 76.7 cm³/mol. The minimum Gasteiger partial charge on any atom is -0.467 e. The summed E-state index contributed by atoms with van der Waals surface area (Å²) in [5.41, 5.74) is 1.12. The lowest BCUT2D eigenvalue weighted by Gasteiger charge is -2.17. The number of nitrogens with one attached hydrogen (secondary N) is 1. The molecule has 2 rings (SSSR count). The van der Waals surface area contributed by atoms with Crippen LogP contribution in [0.5, 0.6) is 0 Å². The predicted octanol–water partition coefficient (Wildman–Crippen LogP) is 3.31. The maximum atomic E-state index is 12.9. The van der Waals surface area contributed by atoms with Gasteiger partial charge in [0, 0.05) is 16.4 Å². The number of rotatable bonds is 4. The molecule has 20 heavy (non-hydrogen) atoms. The van der Waals surface area contributed by atoms with E-state index in [4.69, 9.17) is 4.74 Å². The van der Waals surface area contributed by atoms with Crippen molar-refractivity contribution in [3.8, 4) is 0 Å². The van der Waals surface area contributed by atoms with Gasteiger partial charge in [-0.2, -0.15) is 0 Å². The molecule has 1 unspecified atom stereocenters. The third-order valence-electron chi connectivity index (χ3n) is 2.64. The van der Waals surface area contributed by atoms with Crippen LogP contribution in [0.2, 0.25) is 0 Å². The van der Waals surface area contributed by atoms with Crippen molar-refractivity contribution in [2.45, 2.75) is 6.04 Å². The Hall–Kier alpha value is -1.95. The summed E-state index contributed by atoms with van der Waals surface area (Å²) < 4.78 is 18.5. The van der Waals surface area contributed by atoms with Gasteiger partial charge in [0.2, 0.25) is 0 Å². The summed E-state index contributed by atoms with van der Waals surface area (Å²) in [5.74, 6) is -0.809. The number of halogens is 2. The molecule has 0 radical (unpaired) electrons. The SMILES string of the molecule is COC(=O)C(Nc1ccc(F)cc1)c1ccc(Br)cn1. The molecule has 0 fully saturated rings. The smallest absolute Gasteiger partial charge is 0.334 e. The number of nitrogens with zero attached hydrogens (tertiary/aromatic N) is 1. The summed E-state index contributed by atoms with van der Waals surface area (Å²) in [6.07, 6.45) is 1.59. The fourth-order valence-corrected chi connectivity index (χ4v) is 1.88. The molecular weight excluding hydrogens is 327 g/mol. The van der Waals surface area contributed by atoms with Crippen LogP contribution in [0, 0.1) is 5.82 Å². The van der Waals surface area contributed by atoms with Gasteiger partial charge in [-0.15, -0.1) is 0 Å². The number of hydrogen-bond acceptors (Lipinski definition) is 4. The Morgan fingerprint density at radius 2 is 2.00 bits per heavy atom. The molecule has 1 aromatic carbocycles. The highest BCUT2D eigenvalue weighted by Crippen LogP contribution is 2.21. The first kappa shape index (κ1) is 14.5. The fourth-order valence-electron chi connectivity index (χ4n) is 1.64. The minimum absolute atomic E-state index is 0.341. The Labute approximate surface area is 124 Å². The zero-order valence-electron chi connectivity index (χ0n) is 10.6. The van der Waals surface area contributed by atoms with Crippen LogP contribution in [0.15, 0.2) is 47.1 Å². The summed E-state index contributed by atoms with van der Waals surface area (Å²) in [6, 6.07) is 8.46. The van der Waals surface area contributed by atoms with Crippen molar-refractivity contribution in [3.63, 3.8) is 0 Å². The highest BCUT2D eigenvalue weighted by Gasteiger charge is 2.22. The van der Waals surface area contributed by atoms with Gasteiger partial charge in [0.05, 0.1) is 12.8 Å². The number of carbonyl (C=O) groups is 1. The quantitative estimate of drug-likeness (QED) is 0.869. The molecule has 0 aliphatic carbocycles. The average Bonchev–Trinajstić information content (AvgIpc) is 2.47. The van der Waals surface area contributed by atoms with Crippen molar-refractivity contribution >= 4 is 27.6 Å². The van der Waals surface area contributed by atoms with Gasteiger partial charge in [0.15, 0.2) is 6.04 Å². The van der Waals surface area contributed by atoms with E-state index < -0.39 is 12.0 Å². The summed E-state index contributed by atoms with van der Waals surface area (Å²) >= 11 is 3.28. The number of pyridine rings is 1. The number of aromatic nitrogens is 1. The van der Waals surface area contributed by atoms with Crippen molar-refractivity contribution in [2.75, 3.05) is 12.4 Å². The first-order valence-electron chi connectivity index (χ1n) is 5.81. The monoisotopic (exact) mass is 338 g/mol. The summed E-state index contributed by atoms with van der Waals surface area (Å²) in [6.45, 7) is 0. The fraction of sp³-hybridized carbons (Fsp3) is 0.143. The normalized spacial score (nSPS) is 11.8. The minimum atomic E-state index is -0.751. The lowest BCUT2D eigenvalue weighted by Crippen LogP contribution is -2.23. The molecule has 1 aromatic heterocycles. The van der Waals surface area contributed by atoms with Gasteiger partial charge in [-0.05, 0) is 52.3 Å². The number of hydrogen-bond donors (Lipinski definition) is 1. The van der Waals surface area contributed by atoms with E-state index in [1.165, 1.54) is 19.2 Å². The Bertz CT molecular complexity index is 587. The van der Waals surface area contributed by atoms with Crippen LogP contribution in [0.3, 0.4) is 0 Å². The van der Waals surface area contributed by atoms with Crippen LogP contribution < -0.4 is 5.32 Å². The second kappa shape index (κ2) is 6.47. The molecule has 6 heteroatoms. The van der Waals surface area contributed by atoms with E-state index in [2.05, 4.69) is 26.2 Å². The molecule has 0 saturated heterocycles. The number of carbonyl (C=O) groups excluding carboxylic acids is 1. The molecule has 0 aliphatic heterocycles. The van der Waals surface area contributed by atoms with Crippen LogP contribution in [0.4, 0.5) is 10.1 Å². The van der Waals surface area contributed by atoms with Crippen molar-refractivity contribution in [3.05, 3.63) is 58.6 Å². The molecule has 0 aliphatic rings. The molecule has 1 atom stereocenters. The summed E-state index contributed by atoms with van der Waals surface area (Å²) in [5, 5.41) is 2.97. The van der Waals surface area contributed by atoms with Crippen LogP contribution in [0.1, 0.15) is 11.7 Å². The van der Waals surface area contributed by atoms with Crippen LogP contribution >= 0.6 is 15.9 Å². The van der Waals surface area contributed by atoms with Gasteiger partial charge in [0.25, 0.3) is 0 Å². The second-order valence-electron chi connectivity index (χ2n) is 4.01. The standard InChI is InChI=1S/C14H12BrFN2O2/c1-20-14(19)13(12-7-2-9(15)8-17-12)18-11-5-3-10(16)4-6-11/h2-8,13,18H,1H3. The van der Waals surface area contributed by atoms with Crippen molar-refractivity contribution in [1.82, 2.24) is 4.98 Å². The highest BCUT2D eigenvalue weighted by atomic mass is 79.9. The zero-order chi connectivity index (χ0) is 14.5.